The topological polar surface area (TPSA) is 0 Å². The Balaban J connectivity index is 0. The summed E-state index contributed by atoms with van der Waals surface area (Å²) in [4.78, 5) is 0. The minimum atomic E-state index is 1.09. The number of rotatable bonds is 5. The van der Waals surface area contributed by atoms with E-state index in [9.17, 15) is 0 Å². The largest absolute Gasteiger partial charge is 0.331 e. The van der Waals surface area contributed by atoms with E-state index in [0.717, 1.165) is 8.97 Å². The fourth-order valence-corrected chi connectivity index (χ4v) is 1.30. The second kappa shape index (κ2) is 8.12. The molecule has 0 saturated carbocycles. The molecule has 0 aliphatic carbocycles. The van der Waals surface area contributed by atoms with Crippen molar-refractivity contribution in [3.05, 3.63) is 0 Å². The highest BCUT2D eigenvalue weighted by Gasteiger charge is 2.03. The van der Waals surface area contributed by atoms with Crippen molar-refractivity contribution in [2.24, 2.45) is 0 Å². The number of quaternary nitrogens is 2. The van der Waals surface area contributed by atoms with Crippen LogP contribution in [0.2, 0.25) is 0 Å². The van der Waals surface area contributed by atoms with Crippen LogP contribution in [0.15, 0.2) is 0 Å². The molecule has 0 aliphatic rings. The molecule has 0 fully saturated rings. The number of hydrogen-bond acceptors (Lipinski definition) is 0. The molecule has 0 aromatic heterocycles. The molecule has 2 heteroatoms. The van der Waals surface area contributed by atoms with E-state index in [4.69, 9.17) is 0 Å². The molecule has 0 heterocycles. The molecule has 2 nitrogen and oxygen atoms in total. The quantitative estimate of drug-likeness (QED) is 0.622. The van der Waals surface area contributed by atoms with Gasteiger partial charge in [-0.05, 0) is 12.8 Å². The first kappa shape index (κ1) is 17.3. The minimum Gasteiger partial charge on any atom is -0.331 e. The molecule has 0 aromatic rings. The second-order valence-corrected chi connectivity index (χ2v) is 6.38. The van der Waals surface area contributed by atoms with Gasteiger partial charge in [-0.1, -0.05) is 20.3 Å². The van der Waals surface area contributed by atoms with Crippen molar-refractivity contribution in [2.45, 2.75) is 33.1 Å². The van der Waals surface area contributed by atoms with Crippen molar-refractivity contribution < 1.29 is 8.97 Å². The molecule has 0 spiro atoms. The summed E-state index contributed by atoms with van der Waals surface area (Å²) < 4.78 is 2.20. The summed E-state index contributed by atoms with van der Waals surface area (Å²) in [7, 11) is 13.3. The maximum Gasteiger partial charge on any atom is 0.0780 e. The van der Waals surface area contributed by atoms with Gasteiger partial charge in [0.2, 0.25) is 0 Å². The monoisotopic (exact) mass is 218 g/mol. The third kappa shape index (κ3) is 24.9. The van der Waals surface area contributed by atoms with E-state index in [0.29, 0.717) is 0 Å². The minimum absolute atomic E-state index is 1.09. The van der Waals surface area contributed by atoms with E-state index in [1.54, 1.807) is 0 Å². The lowest BCUT2D eigenvalue weighted by molar-refractivity contribution is -0.870. The molecule has 0 bridgehead atoms. The predicted octanol–water partition coefficient (Wildman–Crippen LogP) is 2.60. The number of nitrogens with zero attached hydrogens (tertiary/aromatic N) is 2. The number of hydrogen-bond donors (Lipinski definition) is 0. The number of unbranched alkanes of at least 4 members (excludes halogenated alkanes) is 1. The second-order valence-electron chi connectivity index (χ2n) is 6.38. The fourth-order valence-electron chi connectivity index (χ4n) is 1.30. The normalized spacial score (nSPS) is 12.0. The van der Waals surface area contributed by atoms with E-state index in [-0.39, 0.29) is 0 Å². The zero-order chi connectivity index (χ0) is 12.5. The highest BCUT2D eigenvalue weighted by atomic mass is 15.3. The Labute approximate surface area is 98.1 Å². The summed E-state index contributed by atoms with van der Waals surface area (Å²) in [6.45, 7) is 7.02. The van der Waals surface area contributed by atoms with E-state index < -0.39 is 0 Å². The summed E-state index contributed by atoms with van der Waals surface area (Å²) in [5, 5.41) is 0. The van der Waals surface area contributed by atoms with Gasteiger partial charge in [0, 0.05) is 0 Å². The summed E-state index contributed by atoms with van der Waals surface area (Å²) in [5.41, 5.74) is 0. The van der Waals surface area contributed by atoms with Crippen LogP contribution in [-0.2, 0) is 0 Å². The zero-order valence-corrected chi connectivity index (χ0v) is 12.4. The van der Waals surface area contributed by atoms with Crippen LogP contribution in [-0.4, -0.2) is 64.3 Å². The average Bonchev–Trinajstić information content (AvgIpc) is 1.98. The summed E-state index contributed by atoms with van der Waals surface area (Å²) >= 11 is 0. The van der Waals surface area contributed by atoms with Crippen LogP contribution in [0.4, 0.5) is 0 Å². The van der Waals surface area contributed by atoms with Gasteiger partial charge in [-0.2, -0.15) is 0 Å². The highest BCUT2D eigenvalue weighted by molar-refractivity contribution is 4.29. The van der Waals surface area contributed by atoms with Gasteiger partial charge in [-0.3, -0.25) is 0 Å². The van der Waals surface area contributed by atoms with Crippen LogP contribution >= 0.6 is 0 Å². The lowest BCUT2D eigenvalue weighted by atomic mass is 10.3. The van der Waals surface area contributed by atoms with E-state index in [1.165, 1.54) is 32.4 Å². The Kier molecular flexibility index (Phi) is 9.37. The van der Waals surface area contributed by atoms with Crippen LogP contribution < -0.4 is 0 Å². The van der Waals surface area contributed by atoms with Crippen molar-refractivity contribution in [3.8, 4) is 0 Å². The first-order valence-electron chi connectivity index (χ1n) is 6.23. The molecule has 0 saturated heterocycles. The molecule has 0 aromatic carbocycles. The van der Waals surface area contributed by atoms with E-state index in [1.807, 2.05) is 0 Å². The van der Waals surface area contributed by atoms with Crippen LogP contribution in [0.3, 0.4) is 0 Å². The SMILES string of the molecule is CCCC[N+](C)(C)C.CCC[N+](C)(C)C. The molecular weight excluding hydrogens is 184 g/mol. The summed E-state index contributed by atoms with van der Waals surface area (Å²) in [6, 6.07) is 0. The third-order valence-corrected chi connectivity index (χ3v) is 2.08. The van der Waals surface area contributed by atoms with Gasteiger partial charge in [0.1, 0.15) is 0 Å². The molecule has 0 aliphatic heterocycles. The van der Waals surface area contributed by atoms with Gasteiger partial charge >= 0.3 is 0 Å². The van der Waals surface area contributed by atoms with Gasteiger partial charge in [-0.15, -0.1) is 0 Å². The molecule has 0 unspecified atom stereocenters. The first-order chi connectivity index (χ1) is 6.62. The summed E-state index contributed by atoms with van der Waals surface area (Å²) in [6.07, 6.45) is 3.95. The standard InChI is InChI=1S/C7H18N.C6H16N/c1-5-6-7-8(2,3)4;1-5-6-7(2,3)4/h5-7H2,1-4H3;5-6H2,1-4H3/q2*+1. The van der Waals surface area contributed by atoms with E-state index in [2.05, 4.69) is 56.1 Å². The van der Waals surface area contributed by atoms with Crippen molar-refractivity contribution in [1.29, 1.82) is 0 Å². The Bertz CT molecular complexity index is 128. The smallest absolute Gasteiger partial charge is 0.0780 e. The van der Waals surface area contributed by atoms with Crippen molar-refractivity contribution in [1.82, 2.24) is 0 Å². The van der Waals surface area contributed by atoms with E-state index >= 15 is 0 Å². The van der Waals surface area contributed by atoms with Crippen LogP contribution in [0.5, 0.6) is 0 Å². The molecule has 0 N–H and O–H groups in total. The van der Waals surface area contributed by atoms with Crippen molar-refractivity contribution >= 4 is 0 Å². The Morgan fingerprint density at radius 3 is 1.07 bits per heavy atom. The van der Waals surface area contributed by atoms with Gasteiger partial charge in [0.05, 0.1) is 55.4 Å². The van der Waals surface area contributed by atoms with Crippen LogP contribution in [0.1, 0.15) is 33.1 Å². The molecule has 15 heavy (non-hydrogen) atoms. The molecule has 0 atom stereocenters. The highest BCUT2D eigenvalue weighted by Crippen LogP contribution is 1.95. The Hall–Kier alpha value is -0.0800. The lowest BCUT2D eigenvalue weighted by Crippen LogP contribution is -2.35. The molecule has 0 radical (unpaired) electrons. The lowest BCUT2D eigenvalue weighted by Gasteiger charge is -2.23. The third-order valence-electron chi connectivity index (χ3n) is 2.08. The van der Waals surface area contributed by atoms with Crippen LogP contribution in [0, 0.1) is 0 Å². The fraction of sp³-hybridized carbons (Fsp3) is 1.00. The predicted molar refractivity (Wildman–Crippen MR) is 71.0 cm³/mol. The first-order valence-corrected chi connectivity index (χ1v) is 6.23. The van der Waals surface area contributed by atoms with Crippen LogP contribution in [0.25, 0.3) is 0 Å². The Morgan fingerprint density at radius 2 is 1.00 bits per heavy atom. The molecule has 94 valence electrons. The molecular formula is C13H34N2+2. The maximum atomic E-state index is 2.23. The summed E-state index contributed by atoms with van der Waals surface area (Å²) in [5.74, 6) is 0. The van der Waals surface area contributed by atoms with Gasteiger partial charge in [0.15, 0.2) is 0 Å². The van der Waals surface area contributed by atoms with Crippen molar-refractivity contribution in [2.75, 3.05) is 55.4 Å². The molecule has 0 amide bonds. The zero-order valence-electron chi connectivity index (χ0n) is 12.4. The Morgan fingerprint density at radius 1 is 0.600 bits per heavy atom. The van der Waals surface area contributed by atoms with Crippen molar-refractivity contribution in [3.63, 3.8) is 0 Å². The molecule has 0 rings (SSSR count). The van der Waals surface area contributed by atoms with Gasteiger partial charge < -0.3 is 8.97 Å². The average molecular weight is 218 g/mol. The maximum absolute atomic E-state index is 2.23. The van der Waals surface area contributed by atoms with Gasteiger partial charge in [0.25, 0.3) is 0 Å². The van der Waals surface area contributed by atoms with Gasteiger partial charge in [-0.25, -0.2) is 0 Å².